The standard InChI is InChI=1S/C14H14N4O2/c15-5-7-18-13(19)4-6-17(14(18)20)10-12-3-1-2-11(8-12)9-16/h1-4,6,8H,5,7,10,15H2. The van der Waals surface area contributed by atoms with Crippen molar-refractivity contribution in [3.63, 3.8) is 0 Å². The zero-order valence-electron chi connectivity index (χ0n) is 10.8. The van der Waals surface area contributed by atoms with Crippen molar-refractivity contribution < 1.29 is 0 Å². The summed E-state index contributed by atoms with van der Waals surface area (Å²) >= 11 is 0. The topological polar surface area (TPSA) is 93.8 Å². The molecule has 0 amide bonds. The second-order valence-electron chi connectivity index (χ2n) is 4.32. The minimum absolute atomic E-state index is 0.191. The van der Waals surface area contributed by atoms with Crippen LogP contribution in [-0.4, -0.2) is 15.7 Å². The third-order valence-electron chi connectivity index (χ3n) is 2.90. The van der Waals surface area contributed by atoms with Crippen LogP contribution >= 0.6 is 0 Å². The summed E-state index contributed by atoms with van der Waals surface area (Å²) in [4.78, 5) is 23.7. The number of nitrogens with zero attached hydrogens (tertiary/aromatic N) is 3. The molecule has 2 N–H and O–H groups in total. The van der Waals surface area contributed by atoms with Gasteiger partial charge < -0.3 is 5.73 Å². The van der Waals surface area contributed by atoms with E-state index in [1.165, 1.54) is 16.8 Å². The molecular formula is C14H14N4O2. The fraction of sp³-hybridized carbons (Fsp3) is 0.214. The van der Waals surface area contributed by atoms with E-state index in [0.29, 0.717) is 12.1 Å². The number of rotatable bonds is 4. The molecule has 0 aliphatic heterocycles. The van der Waals surface area contributed by atoms with Crippen molar-refractivity contribution in [3.8, 4) is 6.07 Å². The fourth-order valence-corrected chi connectivity index (χ4v) is 1.95. The molecule has 20 heavy (non-hydrogen) atoms. The first-order chi connectivity index (χ1) is 9.65. The number of aromatic nitrogens is 2. The molecule has 0 aliphatic carbocycles. The lowest BCUT2D eigenvalue weighted by Gasteiger charge is -2.09. The highest BCUT2D eigenvalue weighted by Crippen LogP contribution is 2.04. The molecule has 1 heterocycles. The van der Waals surface area contributed by atoms with Gasteiger partial charge in [-0.25, -0.2) is 4.79 Å². The average molecular weight is 270 g/mol. The Morgan fingerprint density at radius 3 is 2.75 bits per heavy atom. The molecule has 1 aromatic heterocycles. The molecule has 6 nitrogen and oxygen atoms in total. The van der Waals surface area contributed by atoms with Crippen LogP contribution in [0.1, 0.15) is 11.1 Å². The van der Waals surface area contributed by atoms with E-state index in [4.69, 9.17) is 11.0 Å². The minimum atomic E-state index is -0.398. The normalized spacial score (nSPS) is 10.2. The first-order valence-electron chi connectivity index (χ1n) is 6.15. The van der Waals surface area contributed by atoms with Gasteiger partial charge in [0, 0.05) is 25.4 Å². The zero-order valence-corrected chi connectivity index (χ0v) is 10.8. The van der Waals surface area contributed by atoms with Gasteiger partial charge in [-0.3, -0.25) is 13.9 Å². The molecule has 1 aromatic carbocycles. The van der Waals surface area contributed by atoms with E-state index in [9.17, 15) is 9.59 Å². The number of hydrogen-bond acceptors (Lipinski definition) is 4. The monoisotopic (exact) mass is 270 g/mol. The molecule has 2 aromatic rings. The predicted octanol–water partition coefficient (Wildman–Crippen LogP) is -0.111. The Kier molecular flexibility index (Phi) is 4.13. The third-order valence-corrected chi connectivity index (χ3v) is 2.90. The van der Waals surface area contributed by atoms with Gasteiger partial charge in [0.25, 0.3) is 5.56 Å². The van der Waals surface area contributed by atoms with E-state index >= 15 is 0 Å². The number of benzene rings is 1. The molecule has 0 saturated carbocycles. The Hall–Kier alpha value is -2.65. The first-order valence-corrected chi connectivity index (χ1v) is 6.15. The summed E-state index contributed by atoms with van der Waals surface area (Å²) in [6, 6.07) is 10.4. The molecule has 102 valence electrons. The van der Waals surface area contributed by atoms with Crippen LogP contribution in [0.15, 0.2) is 46.1 Å². The van der Waals surface area contributed by atoms with Crippen molar-refractivity contribution in [2.75, 3.05) is 6.54 Å². The highest BCUT2D eigenvalue weighted by molar-refractivity contribution is 5.32. The lowest BCUT2D eigenvalue weighted by molar-refractivity contribution is 0.579. The highest BCUT2D eigenvalue weighted by atomic mass is 16.2. The molecule has 6 heteroatoms. The maximum Gasteiger partial charge on any atom is 0.331 e. The highest BCUT2D eigenvalue weighted by Gasteiger charge is 2.05. The predicted molar refractivity (Wildman–Crippen MR) is 74.3 cm³/mol. The van der Waals surface area contributed by atoms with E-state index in [1.54, 1.807) is 18.2 Å². The summed E-state index contributed by atoms with van der Waals surface area (Å²) < 4.78 is 2.53. The van der Waals surface area contributed by atoms with Gasteiger partial charge >= 0.3 is 5.69 Å². The number of hydrogen-bond donors (Lipinski definition) is 1. The van der Waals surface area contributed by atoms with E-state index < -0.39 is 5.69 Å². The van der Waals surface area contributed by atoms with Crippen LogP contribution in [0.25, 0.3) is 0 Å². The summed E-state index contributed by atoms with van der Waals surface area (Å²) in [6.07, 6.45) is 1.46. The van der Waals surface area contributed by atoms with Gasteiger partial charge in [-0.1, -0.05) is 12.1 Å². The van der Waals surface area contributed by atoms with E-state index in [0.717, 1.165) is 10.1 Å². The van der Waals surface area contributed by atoms with Gasteiger partial charge in [0.05, 0.1) is 18.2 Å². The summed E-state index contributed by atoms with van der Waals surface area (Å²) in [5.74, 6) is 0. The van der Waals surface area contributed by atoms with Crippen LogP contribution < -0.4 is 17.0 Å². The average Bonchev–Trinajstić information content (AvgIpc) is 2.47. The largest absolute Gasteiger partial charge is 0.331 e. The molecule has 0 aliphatic rings. The molecule has 0 saturated heterocycles. The van der Waals surface area contributed by atoms with E-state index in [-0.39, 0.29) is 18.6 Å². The van der Waals surface area contributed by atoms with Gasteiger partial charge in [0.15, 0.2) is 0 Å². The second-order valence-corrected chi connectivity index (χ2v) is 4.32. The smallest absolute Gasteiger partial charge is 0.329 e. The van der Waals surface area contributed by atoms with Crippen molar-refractivity contribution in [3.05, 3.63) is 68.5 Å². The third kappa shape index (κ3) is 2.84. The van der Waals surface area contributed by atoms with Gasteiger partial charge in [-0.2, -0.15) is 5.26 Å². The summed E-state index contributed by atoms with van der Waals surface area (Å²) in [5, 5.41) is 8.86. The van der Waals surface area contributed by atoms with Crippen LogP contribution in [0.4, 0.5) is 0 Å². The second kappa shape index (κ2) is 5.99. The summed E-state index contributed by atoms with van der Waals surface area (Å²) in [7, 11) is 0. The van der Waals surface area contributed by atoms with Crippen molar-refractivity contribution in [2.24, 2.45) is 5.73 Å². The molecule has 0 fully saturated rings. The minimum Gasteiger partial charge on any atom is -0.329 e. The SMILES string of the molecule is N#Cc1cccc(Cn2ccc(=O)n(CCN)c2=O)c1. The van der Waals surface area contributed by atoms with Crippen LogP contribution in [0, 0.1) is 11.3 Å². The van der Waals surface area contributed by atoms with E-state index in [1.807, 2.05) is 12.1 Å². The molecule has 2 rings (SSSR count). The Morgan fingerprint density at radius 1 is 1.25 bits per heavy atom. The molecule has 0 radical (unpaired) electrons. The van der Waals surface area contributed by atoms with Crippen LogP contribution in [0.5, 0.6) is 0 Å². The fourth-order valence-electron chi connectivity index (χ4n) is 1.95. The molecular weight excluding hydrogens is 256 g/mol. The maximum absolute atomic E-state index is 12.1. The zero-order chi connectivity index (χ0) is 14.5. The molecule has 0 spiro atoms. The van der Waals surface area contributed by atoms with Crippen LogP contribution in [0.3, 0.4) is 0 Å². The van der Waals surface area contributed by atoms with Crippen molar-refractivity contribution in [1.82, 2.24) is 9.13 Å². The van der Waals surface area contributed by atoms with Gasteiger partial charge in [0.2, 0.25) is 0 Å². The molecule has 0 bridgehead atoms. The molecule has 0 unspecified atom stereocenters. The Balaban J connectivity index is 2.39. The quantitative estimate of drug-likeness (QED) is 0.838. The lowest BCUT2D eigenvalue weighted by Crippen LogP contribution is -2.40. The van der Waals surface area contributed by atoms with Crippen molar-refractivity contribution >= 4 is 0 Å². The Labute approximate surface area is 115 Å². The van der Waals surface area contributed by atoms with Gasteiger partial charge in [-0.05, 0) is 17.7 Å². The molecule has 0 atom stereocenters. The van der Waals surface area contributed by atoms with Crippen molar-refractivity contribution in [2.45, 2.75) is 13.1 Å². The number of nitrogens with two attached hydrogens (primary N) is 1. The Morgan fingerprint density at radius 2 is 2.05 bits per heavy atom. The van der Waals surface area contributed by atoms with Gasteiger partial charge in [-0.15, -0.1) is 0 Å². The first kappa shape index (κ1) is 13.8. The van der Waals surface area contributed by atoms with Crippen LogP contribution in [-0.2, 0) is 13.1 Å². The summed E-state index contributed by atoms with van der Waals surface area (Å²) in [6.45, 7) is 0.721. The maximum atomic E-state index is 12.1. The van der Waals surface area contributed by atoms with E-state index in [2.05, 4.69) is 0 Å². The Bertz CT molecular complexity index is 768. The van der Waals surface area contributed by atoms with Crippen molar-refractivity contribution in [1.29, 1.82) is 5.26 Å². The van der Waals surface area contributed by atoms with Crippen LogP contribution in [0.2, 0.25) is 0 Å². The lowest BCUT2D eigenvalue weighted by atomic mass is 10.1. The van der Waals surface area contributed by atoms with Gasteiger partial charge in [0.1, 0.15) is 0 Å². The number of nitriles is 1. The summed E-state index contributed by atoms with van der Waals surface area (Å²) in [5.41, 5.74) is 5.99.